The first-order chi connectivity index (χ1) is 12.7. The van der Waals surface area contributed by atoms with E-state index in [9.17, 15) is 0 Å². The maximum Gasteiger partial charge on any atom is 0.194 e. The number of fused-ring (bicyclic) bond motifs is 2. The number of thiazole rings is 1. The van der Waals surface area contributed by atoms with Gasteiger partial charge in [0.2, 0.25) is 0 Å². The van der Waals surface area contributed by atoms with Crippen LogP contribution in [0.4, 0.5) is 0 Å². The number of oxazole rings is 1. The molecular weight excluding hydrogens is 348 g/mol. The lowest BCUT2D eigenvalue weighted by Gasteiger charge is -2.28. The Kier molecular flexibility index (Phi) is 3.81. The number of hydroxylamine groups is 2. The van der Waals surface area contributed by atoms with Gasteiger partial charge in [0, 0.05) is 38.3 Å². The van der Waals surface area contributed by atoms with Crippen LogP contribution < -0.4 is 0 Å². The van der Waals surface area contributed by atoms with Crippen molar-refractivity contribution in [2.75, 3.05) is 20.2 Å². The number of aryl methyl sites for hydroxylation is 1. The number of rotatable bonds is 3. The van der Waals surface area contributed by atoms with E-state index < -0.39 is 0 Å². The van der Waals surface area contributed by atoms with Gasteiger partial charge in [0.1, 0.15) is 5.52 Å². The topological polar surface area (TPSA) is 55.8 Å². The second kappa shape index (κ2) is 6.19. The van der Waals surface area contributed by atoms with Gasteiger partial charge in [0.25, 0.3) is 0 Å². The van der Waals surface area contributed by atoms with Crippen LogP contribution in [0, 0.1) is 6.92 Å². The maximum absolute atomic E-state index is 5.66. The summed E-state index contributed by atoms with van der Waals surface area (Å²) in [5, 5.41) is 2.02. The summed E-state index contributed by atoms with van der Waals surface area (Å²) in [5.74, 6) is 1.22. The Morgan fingerprint density at radius 1 is 1.19 bits per heavy atom. The minimum Gasteiger partial charge on any atom is -0.441 e. The highest BCUT2D eigenvalue weighted by molar-refractivity contribution is 7.20. The molecule has 0 saturated carbocycles. The van der Waals surface area contributed by atoms with Gasteiger partial charge in [-0.05, 0) is 30.5 Å². The van der Waals surface area contributed by atoms with E-state index in [1.165, 1.54) is 10.6 Å². The van der Waals surface area contributed by atoms with Crippen molar-refractivity contribution in [1.82, 2.24) is 19.4 Å². The number of benzene rings is 1. The highest BCUT2D eigenvalue weighted by Gasteiger charge is 2.23. The molecule has 6 nitrogen and oxygen atoms in total. The van der Waals surface area contributed by atoms with Crippen molar-refractivity contribution in [3.63, 3.8) is 0 Å². The summed E-state index contributed by atoms with van der Waals surface area (Å²) in [5.41, 5.74) is 4.06. The van der Waals surface area contributed by atoms with E-state index in [0.717, 1.165) is 47.6 Å². The minimum absolute atomic E-state index is 0.519. The summed E-state index contributed by atoms with van der Waals surface area (Å²) in [7, 11) is 1.74. The molecule has 3 aromatic heterocycles. The third-order valence-electron chi connectivity index (χ3n) is 5.08. The molecule has 1 aliphatic rings. The number of hydrogen-bond donors (Lipinski definition) is 0. The van der Waals surface area contributed by atoms with Gasteiger partial charge in [-0.25, -0.2) is 9.97 Å². The summed E-state index contributed by atoms with van der Waals surface area (Å²) in [6.45, 7) is 3.81. The van der Waals surface area contributed by atoms with Crippen LogP contribution in [0.5, 0.6) is 0 Å². The van der Waals surface area contributed by atoms with Crippen LogP contribution in [0.2, 0.25) is 0 Å². The van der Waals surface area contributed by atoms with Gasteiger partial charge in [-0.15, -0.1) is 0 Å². The Morgan fingerprint density at radius 3 is 2.81 bits per heavy atom. The normalized spacial score (nSPS) is 16.8. The predicted molar refractivity (Wildman–Crippen MR) is 101 cm³/mol. The van der Waals surface area contributed by atoms with Crippen LogP contribution in [0.1, 0.15) is 30.3 Å². The Labute approximate surface area is 155 Å². The Morgan fingerprint density at radius 2 is 2.04 bits per heavy atom. The predicted octanol–water partition coefficient (Wildman–Crippen LogP) is 4.25. The third kappa shape index (κ3) is 2.72. The van der Waals surface area contributed by atoms with Gasteiger partial charge in [0.05, 0.1) is 17.7 Å². The van der Waals surface area contributed by atoms with Gasteiger partial charge < -0.3 is 9.25 Å². The van der Waals surface area contributed by atoms with E-state index in [1.54, 1.807) is 18.4 Å². The third-order valence-corrected chi connectivity index (χ3v) is 6.13. The molecule has 4 heterocycles. The van der Waals surface area contributed by atoms with E-state index in [1.807, 2.05) is 18.1 Å². The summed E-state index contributed by atoms with van der Waals surface area (Å²) in [6.07, 6.45) is 6.52. The first kappa shape index (κ1) is 16.0. The molecule has 1 aromatic carbocycles. The van der Waals surface area contributed by atoms with Crippen molar-refractivity contribution >= 4 is 27.4 Å². The molecule has 1 saturated heterocycles. The lowest BCUT2D eigenvalue weighted by Crippen LogP contribution is -2.32. The fraction of sp³-hybridized carbons (Fsp3) is 0.368. The van der Waals surface area contributed by atoms with Crippen molar-refractivity contribution in [3.05, 3.63) is 42.2 Å². The molecule has 5 rings (SSSR count). The van der Waals surface area contributed by atoms with Gasteiger partial charge in [-0.1, -0.05) is 17.4 Å². The SMILES string of the molecule is CON1CCC(c2cn3cc(-c4ccc5nc(C)oc5c4)sc3n2)CC1. The molecule has 7 heteroatoms. The zero-order chi connectivity index (χ0) is 17.7. The first-order valence-electron chi connectivity index (χ1n) is 8.84. The standard InChI is InChI=1S/C19H20N4O2S/c1-12-20-15-4-3-14(9-17(15)25-12)18-11-22-10-16(21-19(22)26-18)13-5-7-23(24-2)8-6-13/h3-4,9-11,13H,5-8H2,1-2H3. The lowest BCUT2D eigenvalue weighted by atomic mass is 9.95. The number of nitrogens with zero attached hydrogens (tertiary/aromatic N) is 4. The molecule has 134 valence electrons. The highest BCUT2D eigenvalue weighted by atomic mass is 32.1. The van der Waals surface area contributed by atoms with E-state index in [4.69, 9.17) is 14.2 Å². The molecule has 4 aromatic rings. The van der Waals surface area contributed by atoms with E-state index >= 15 is 0 Å². The van der Waals surface area contributed by atoms with Gasteiger partial charge in [0.15, 0.2) is 16.4 Å². The molecule has 0 spiro atoms. The smallest absolute Gasteiger partial charge is 0.194 e. The Hall–Kier alpha value is -2.22. The average molecular weight is 368 g/mol. The Balaban J connectivity index is 1.42. The number of piperidine rings is 1. The maximum atomic E-state index is 5.66. The fourth-order valence-electron chi connectivity index (χ4n) is 3.67. The van der Waals surface area contributed by atoms with Crippen molar-refractivity contribution < 1.29 is 9.25 Å². The monoisotopic (exact) mass is 368 g/mol. The largest absolute Gasteiger partial charge is 0.441 e. The van der Waals surface area contributed by atoms with E-state index in [0.29, 0.717) is 11.8 Å². The van der Waals surface area contributed by atoms with Gasteiger partial charge >= 0.3 is 0 Å². The lowest BCUT2D eigenvalue weighted by molar-refractivity contribution is -0.143. The van der Waals surface area contributed by atoms with E-state index in [-0.39, 0.29) is 0 Å². The zero-order valence-corrected chi connectivity index (χ0v) is 15.6. The molecule has 0 aliphatic carbocycles. The average Bonchev–Trinajstić information content (AvgIpc) is 3.32. The fourth-order valence-corrected chi connectivity index (χ4v) is 4.64. The van der Waals surface area contributed by atoms with Gasteiger partial charge in [-0.2, -0.15) is 5.06 Å². The number of aromatic nitrogens is 3. The quantitative estimate of drug-likeness (QED) is 0.541. The summed E-state index contributed by atoms with van der Waals surface area (Å²) >= 11 is 1.71. The van der Waals surface area contributed by atoms with Crippen LogP contribution in [0.3, 0.4) is 0 Å². The van der Waals surface area contributed by atoms with Crippen molar-refractivity contribution in [1.29, 1.82) is 0 Å². The molecule has 1 fully saturated rings. The minimum atomic E-state index is 0.519. The van der Waals surface area contributed by atoms with Crippen molar-refractivity contribution in [2.45, 2.75) is 25.7 Å². The summed E-state index contributed by atoms with van der Waals surface area (Å²) in [6, 6.07) is 6.16. The summed E-state index contributed by atoms with van der Waals surface area (Å²) < 4.78 is 7.81. The molecule has 0 radical (unpaired) electrons. The van der Waals surface area contributed by atoms with Crippen molar-refractivity contribution in [2.24, 2.45) is 0 Å². The number of hydrogen-bond acceptors (Lipinski definition) is 6. The second-order valence-corrected chi connectivity index (χ2v) is 7.76. The zero-order valence-electron chi connectivity index (χ0n) is 14.8. The van der Waals surface area contributed by atoms with Crippen LogP contribution in [0.15, 0.2) is 35.0 Å². The number of imidazole rings is 1. The Bertz CT molecular complexity index is 1040. The van der Waals surface area contributed by atoms with Crippen LogP contribution in [-0.4, -0.2) is 39.6 Å². The van der Waals surface area contributed by atoms with Gasteiger partial charge in [-0.3, -0.25) is 4.40 Å². The van der Waals surface area contributed by atoms with Crippen molar-refractivity contribution in [3.8, 4) is 10.4 Å². The molecule has 0 atom stereocenters. The molecule has 0 N–H and O–H groups in total. The van der Waals surface area contributed by atoms with Crippen LogP contribution in [0.25, 0.3) is 26.5 Å². The molecule has 26 heavy (non-hydrogen) atoms. The summed E-state index contributed by atoms with van der Waals surface area (Å²) in [4.78, 5) is 16.8. The molecule has 0 bridgehead atoms. The molecule has 0 amide bonds. The first-order valence-corrected chi connectivity index (χ1v) is 9.66. The second-order valence-electron chi connectivity index (χ2n) is 6.75. The van der Waals surface area contributed by atoms with Crippen LogP contribution >= 0.6 is 11.3 Å². The molecule has 1 aliphatic heterocycles. The highest BCUT2D eigenvalue weighted by Crippen LogP contribution is 2.33. The van der Waals surface area contributed by atoms with Crippen LogP contribution in [-0.2, 0) is 4.84 Å². The molecular formula is C19H20N4O2S. The van der Waals surface area contributed by atoms with E-state index in [2.05, 4.69) is 33.9 Å². The molecule has 0 unspecified atom stereocenters.